The van der Waals surface area contributed by atoms with Crippen LogP contribution in [0.3, 0.4) is 0 Å². The lowest BCUT2D eigenvalue weighted by molar-refractivity contribution is -0.151. The Morgan fingerprint density at radius 2 is 2.18 bits per heavy atom. The molecule has 0 saturated carbocycles. The molecule has 0 aliphatic carbocycles. The molecule has 1 rings (SSSR count). The molecule has 0 aromatic heterocycles. The third-order valence-corrected chi connectivity index (χ3v) is 3.22. The molecule has 17 heavy (non-hydrogen) atoms. The maximum absolute atomic E-state index is 11.9. The highest BCUT2D eigenvalue weighted by atomic mass is 16.5. The molecule has 1 saturated heterocycles. The minimum Gasteiger partial charge on any atom is -0.465 e. The van der Waals surface area contributed by atoms with Crippen molar-refractivity contribution in [1.82, 2.24) is 10.2 Å². The Morgan fingerprint density at radius 1 is 1.47 bits per heavy atom. The molecule has 4 nitrogen and oxygen atoms in total. The summed E-state index contributed by atoms with van der Waals surface area (Å²) in [7, 11) is 0. The second-order valence-electron chi connectivity index (χ2n) is 5.19. The Bertz CT molecular complexity index is 244. The highest BCUT2D eigenvalue weighted by Gasteiger charge is 2.32. The smallest absolute Gasteiger partial charge is 0.324 e. The molecule has 4 heteroatoms. The summed E-state index contributed by atoms with van der Waals surface area (Å²) in [5.41, 5.74) is 0. The number of carbonyl (C=O) groups excluding carboxylic acids is 1. The van der Waals surface area contributed by atoms with Crippen molar-refractivity contribution in [2.24, 2.45) is 5.92 Å². The van der Waals surface area contributed by atoms with Crippen LogP contribution in [0.15, 0.2) is 0 Å². The Morgan fingerprint density at radius 3 is 2.76 bits per heavy atom. The summed E-state index contributed by atoms with van der Waals surface area (Å²) in [5.74, 6) is 0.568. The molecule has 0 aromatic carbocycles. The van der Waals surface area contributed by atoms with E-state index < -0.39 is 0 Å². The minimum atomic E-state index is -0.113. The number of esters is 1. The third kappa shape index (κ3) is 4.28. The summed E-state index contributed by atoms with van der Waals surface area (Å²) in [4.78, 5) is 14.2. The van der Waals surface area contributed by atoms with Crippen LogP contribution in [0, 0.1) is 5.92 Å². The van der Waals surface area contributed by atoms with E-state index >= 15 is 0 Å². The van der Waals surface area contributed by atoms with Crippen molar-refractivity contribution in [3.63, 3.8) is 0 Å². The Hall–Kier alpha value is -0.610. The van der Waals surface area contributed by atoms with Crippen molar-refractivity contribution >= 4 is 5.97 Å². The van der Waals surface area contributed by atoms with Gasteiger partial charge in [-0.05, 0) is 26.2 Å². The lowest BCUT2D eigenvalue weighted by atomic mass is 10.0. The molecule has 0 amide bonds. The zero-order chi connectivity index (χ0) is 12.8. The van der Waals surface area contributed by atoms with Crippen LogP contribution in [-0.2, 0) is 9.53 Å². The van der Waals surface area contributed by atoms with E-state index in [0.29, 0.717) is 25.1 Å². The Balaban J connectivity index is 2.61. The average Bonchev–Trinajstić information content (AvgIpc) is 2.28. The van der Waals surface area contributed by atoms with Crippen LogP contribution >= 0.6 is 0 Å². The van der Waals surface area contributed by atoms with Gasteiger partial charge in [0.2, 0.25) is 0 Å². The predicted octanol–water partition coefficient (Wildman–Crippen LogP) is 1.26. The van der Waals surface area contributed by atoms with Crippen LogP contribution in [-0.4, -0.2) is 49.2 Å². The SMILES string of the molecule is CCOC(=O)C1CNCCN1C(C)CC(C)C. The van der Waals surface area contributed by atoms with E-state index in [2.05, 4.69) is 31.0 Å². The normalized spacial score (nSPS) is 23.7. The van der Waals surface area contributed by atoms with Gasteiger partial charge in [-0.1, -0.05) is 13.8 Å². The summed E-state index contributed by atoms with van der Waals surface area (Å²) < 4.78 is 5.15. The van der Waals surface area contributed by atoms with E-state index in [0.717, 1.165) is 19.5 Å². The van der Waals surface area contributed by atoms with Gasteiger partial charge < -0.3 is 10.1 Å². The van der Waals surface area contributed by atoms with E-state index in [1.165, 1.54) is 0 Å². The fourth-order valence-electron chi connectivity index (χ4n) is 2.52. The third-order valence-electron chi connectivity index (χ3n) is 3.22. The molecule has 0 spiro atoms. The Labute approximate surface area is 105 Å². The molecule has 1 aliphatic rings. The molecule has 0 aromatic rings. The molecule has 0 bridgehead atoms. The van der Waals surface area contributed by atoms with Gasteiger partial charge in [0.1, 0.15) is 6.04 Å². The molecule has 1 N–H and O–H groups in total. The predicted molar refractivity (Wildman–Crippen MR) is 68.9 cm³/mol. The standard InChI is InChI=1S/C13H26N2O2/c1-5-17-13(16)12-9-14-6-7-15(12)11(4)8-10(2)3/h10-12,14H,5-9H2,1-4H3. The first kappa shape index (κ1) is 14.5. The molecular weight excluding hydrogens is 216 g/mol. The van der Waals surface area contributed by atoms with Crippen LogP contribution in [0.2, 0.25) is 0 Å². The number of ether oxygens (including phenoxy) is 1. The first-order valence-corrected chi connectivity index (χ1v) is 6.69. The number of carbonyl (C=O) groups is 1. The van der Waals surface area contributed by atoms with E-state index in [1.54, 1.807) is 0 Å². The van der Waals surface area contributed by atoms with Gasteiger partial charge in [-0.25, -0.2) is 0 Å². The second-order valence-corrected chi connectivity index (χ2v) is 5.19. The number of nitrogens with zero attached hydrogens (tertiary/aromatic N) is 1. The van der Waals surface area contributed by atoms with E-state index in [4.69, 9.17) is 4.74 Å². The van der Waals surface area contributed by atoms with Crippen molar-refractivity contribution in [3.8, 4) is 0 Å². The van der Waals surface area contributed by atoms with Crippen molar-refractivity contribution in [2.75, 3.05) is 26.2 Å². The second kappa shape index (κ2) is 6.97. The van der Waals surface area contributed by atoms with E-state index in [1.807, 2.05) is 6.92 Å². The highest BCUT2D eigenvalue weighted by Crippen LogP contribution is 2.16. The molecule has 1 heterocycles. The van der Waals surface area contributed by atoms with Crippen molar-refractivity contribution in [1.29, 1.82) is 0 Å². The summed E-state index contributed by atoms with van der Waals surface area (Å²) in [5, 5.41) is 3.27. The van der Waals surface area contributed by atoms with Crippen molar-refractivity contribution in [3.05, 3.63) is 0 Å². The maximum atomic E-state index is 11.9. The number of hydrogen-bond acceptors (Lipinski definition) is 4. The largest absolute Gasteiger partial charge is 0.465 e. The maximum Gasteiger partial charge on any atom is 0.324 e. The number of hydrogen-bond donors (Lipinski definition) is 1. The molecule has 1 aliphatic heterocycles. The molecule has 2 atom stereocenters. The van der Waals surface area contributed by atoms with Gasteiger partial charge in [-0.15, -0.1) is 0 Å². The molecule has 100 valence electrons. The minimum absolute atomic E-state index is 0.0877. The number of piperazine rings is 1. The van der Waals surface area contributed by atoms with Crippen LogP contribution in [0.5, 0.6) is 0 Å². The van der Waals surface area contributed by atoms with Crippen LogP contribution in [0.25, 0.3) is 0 Å². The van der Waals surface area contributed by atoms with Crippen LogP contribution in [0.4, 0.5) is 0 Å². The summed E-state index contributed by atoms with van der Waals surface area (Å²) in [6.45, 7) is 11.6. The zero-order valence-corrected chi connectivity index (χ0v) is 11.5. The number of rotatable bonds is 5. The van der Waals surface area contributed by atoms with Gasteiger partial charge in [0, 0.05) is 25.7 Å². The zero-order valence-electron chi connectivity index (χ0n) is 11.5. The molecule has 2 unspecified atom stereocenters. The number of nitrogens with one attached hydrogen (secondary N) is 1. The quantitative estimate of drug-likeness (QED) is 0.737. The highest BCUT2D eigenvalue weighted by molar-refractivity contribution is 5.76. The summed E-state index contributed by atoms with van der Waals surface area (Å²) in [6.07, 6.45) is 1.12. The van der Waals surface area contributed by atoms with Crippen molar-refractivity contribution < 1.29 is 9.53 Å². The van der Waals surface area contributed by atoms with E-state index in [9.17, 15) is 4.79 Å². The van der Waals surface area contributed by atoms with Gasteiger partial charge in [0.15, 0.2) is 0 Å². The van der Waals surface area contributed by atoms with Gasteiger partial charge >= 0.3 is 5.97 Å². The molecule has 1 fully saturated rings. The van der Waals surface area contributed by atoms with E-state index in [-0.39, 0.29) is 12.0 Å². The van der Waals surface area contributed by atoms with Gasteiger partial charge in [0.25, 0.3) is 0 Å². The first-order valence-electron chi connectivity index (χ1n) is 6.69. The fraction of sp³-hybridized carbons (Fsp3) is 0.923. The van der Waals surface area contributed by atoms with Crippen LogP contribution < -0.4 is 5.32 Å². The average molecular weight is 242 g/mol. The van der Waals surface area contributed by atoms with Crippen LogP contribution in [0.1, 0.15) is 34.1 Å². The fourth-order valence-corrected chi connectivity index (χ4v) is 2.52. The van der Waals surface area contributed by atoms with Crippen molar-refractivity contribution in [2.45, 2.75) is 46.2 Å². The van der Waals surface area contributed by atoms with Gasteiger partial charge in [0.05, 0.1) is 6.61 Å². The first-order chi connectivity index (χ1) is 8.06. The lowest BCUT2D eigenvalue weighted by Gasteiger charge is -2.39. The molecular formula is C13H26N2O2. The van der Waals surface area contributed by atoms with Gasteiger partial charge in [-0.2, -0.15) is 0 Å². The Kier molecular flexibility index (Phi) is 5.92. The topological polar surface area (TPSA) is 41.6 Å². The summed E-state index contributed by atoms with van der Waals surface area (Å²) in [6, 6.07) is 0.323. The summed E-state index contributed by atoms with van der Waals surface area (Å²) >= 11 is 0. The molecule has 0 radical (unpaired) electrons. The lowest BCUT2D eigenvalue weighted by Crippen LogP contribution is -2.58. The monoisotopic (exact) mass is 242 g/mol. The van der Waals surface area contributed by atoms with Gasteiger partial charge in [-0.3, -0.25) is 9.69 Å².